The average Bonchev–Trinajstić information content (AvgIpc) is 3.64. The van der Waals surface area contributed by atoms with E-state index in [0.29, 0.717) is 24.2 Å². The molecule has 2 aromatic rings. The fourth-order valence-corrected chi connectivity index (χ4v) is 3.88. The zero-order chi connectivity index (χ0) is 22.6. The Bertz CT molecular complexity index is 1120. The number of fused-ring (bicyclic) bond motifs is 1. The monoisotopic (exact) mass is 432 g/mol. The van der Waals surface area contributed by atoms with Crippen molar-refractivity contribution < 1.29 is 33.3 Å². The van der Waals surface area contributed by atoms with Gasteiger partial charge >= 0.3 is 6.18 Å². The van der Waals surface area contributed by atoms with Crippen LogP contribution < -0.4 is 4.90 Å². The molecule has 6 nitrogen and oxygen atoms in total. The van der Waals surface area contributed by atoms with Crippen molar-refractivity contribution in [3.8, 4) is 6.07 Å². The summed E-state index contributed by atoms with van der Waals surface area (Å²) >= 11 is 0. The lowest BCUT2D eigenvalue weighted by Crippen LogP contribution is -2.21. The van der Waals surface area contributed by atoms with Gasteiger partial charge in [-0.05, 0) is 11.8 Å². The van der Waals surface area contributed by atoms with Crippen LogP contribution in [0.15, 0.2) is 42.0 Å². The molecule has 2 atom stereocenters. The number of halogens is 3. The van der Waals surface area contributed by atoms with Crippen molar-refractivity contribution >= 4 is 27.8 Å². The molecule has 1 aliphatic carbocycles. The highest BCUT2D eigenvalue weighted by molar-refractivity contribution is 6.10. The lowest BCUT2D eigenvalue weighted by atomic mass is 9.91. The number of carbonyl (C=O) groups is 1. The number of aliphatic hydroxyl groups excluding tert-OH is 2. The van der Waals surface area contributed by atoms with Gasteiger partial charge in [0.1, 0.15) is 29.5 Å². The highest BCUT2D eigenvalue weighted by Crippen LogP contribution is 2.46. The second-order valence-corrected chi connectivity index (χ2v) is 7.83. The normalized spacial score (nSPS) is 25.8. The Kier molecular flexibility index (Phi) is 5.04. The van der Waals surface area contributed by atoms with Gasteiger partial charge in [0.2, 0.25) is 0 Å². The molecule has 2 fully saturated rings. The Morgan fingerprint density at radius 3 is 2.35 bits per heavy atom. The second kappa shape index (κ2) is 7.34. The van der Waals surface area contributed by atoms with Crippen LogP contribution in [0.4, 0.5) is 18.9 Å². The van der Waals surface area contributed by atoms with Crippen molar-refractivity contribution in [1.82, 2.24) is 0 Å². The molecule has 0 spiro atoms. The number of Topliss-reactive ketones (excluding diaryl/α,β-unsaturated/α-hetero) is 1. The van der Waals surface area contributed by atoms with E-state index in [0.717, 1.165) is 5.39 Å². The summed E-state index contributed by atoms with van der Waals surface area (Å²) in [5.74, 6) is -1.11. The highest BCUT2D eigenvalue weighted by Gasteiger charge is 2.63. The van der Waals surface area contributed by atoms with Crippen molar-refractivity contribution in [3.63, 3.8) is 0 Å². The number of alkyl halides is 3. The highest BCUT2D eigenvalue weighted by atomic mass is 19.4. The van der Waals surface area contributed by atoms with Gasteiger partial charge in [-0.2, -0.15) is 18.4 Å². The molecule has 0 amide bonds. The van der Waals surface area contributed by atoms with E-state index < -0.39 is 53.8 Å². The lowest BCUT2D eigenvalue weighted by Gasteiger charge is -2.20. The van der Waals surface area contributed by atoms with Gasteiger partial charge in [-0.1, -0.05) is 36.4 Å². The van der Waals surface area contributed by atoms with E-state index in [1.165, 1.54) is 18.2 Å². The molecule has 2 aromatic carbocycles. The summed E-state index contributed by atoms with van der Waals surface area (Å²) in [5, 5.41) is 39.6. The fraction of sp³-hybridized carbons (Fsp3) is 0.364. The molecule has 0 aromatic heterocycles. The van der Waals surface area contributed by atoms with Gasteiger partial charge in [-0.25, -0.2) is 0 Å². The molecule has 3 N–H and O–H groups in total. The topological polar surface area (TPSA) is 105 Å². The molecule has 1 saturated heterocycles. The number of benzene rings is 2. The van der Waals surface area contributed by atoms with Crippen molar-refractivity contribution in [2.75, 3.05) is 18.0 Å². The SMILES string of the molecule is N#C/C(C(=O)CCC1(O)C(O)C1O)=C(\c1ccc2ccccc2c1N1CC1)C(F)(F)F. The molecule has 1 aliphatic heterocycles. The number of carbonyl (C=O) groups excluding carboxylic acids is 1. The molecule has 0 bridgehead atoms. The number of rotatable bonds is 6. The van der Waals surface area contributed by atoms with E-state index in [2.05, 4.69) is 0 Å². The molecule has 4 rings (SSSR count). The second-order valence-electron chi connectivity index (χ2n) is 7.83. The van der Waals surface area contributed by atoms with E-state index in [-0.39, 0.29) is 5.56 Å². The first-order chi connectivity index (χ1) is 14.6. The first-order valence-corrected chi connectivity index (χ1v) is 9.70. The predicted octanol–water partition coefficient (Wildman–Crippen LogP) is 2.32. The number of allylic oxidation sites excluding steroid dienone is 2. The van der Waals surface area contributed by atoms with E-state index in [4.69, 9.17) is 0 Å². The van der Waals surface area contributed by atoms with E-state index >= 15 is 0 Å². The summed E-state index contributed by atoms with van der Waals surface area (Å²) in [6, 6.07) is 11.1. The zero-order valence-corrected chi connectivity index (χ0v) is 16.2. The number of hydrogen-bond acceptors (Lipinski definition) is 6. The fourth-order valence-electron chi connectivity index (χ4n) is 3.88. The van der Waals surface area contributed by atoms with Crippen LogP contribution in [-0.2, 0) is 4.79 Å². The van der Waals surface area contributed by atoms with Crippen LogP contribution in [-0.4, -0.2) is 58.2 Å². The Hall–Kier alpha value is -2.93. The molecule has 1 heterocycles. The van der Waals surface area contributed by atoms with Gasteiger partial charge in [0.25, 0.3) is 0 Å². The standard InChI is InChI=1S/C22H19F3N2O4/c23-22(24,25)17(15(11-26)16(28)7-8-21(31)19(29)20(21)30)14-6-5-12-3-1-2-4-13(12)18(14)27-9-10-27/h1-6,19-20,29-31H,7-10H2/b17-15-. The van der Waals surface area contributed by atoms with Gasteiger partial charge in [-0.3, -0.25) is 4.79 Å². The first-order valence-electron chi connectivity index (χ1n) is 9.70. The largest absolute Gasteiger partial charge is 0.418 e. The van der Waals surface area contributed by atoms with Crippen molar-refractivity contribution in [1.29, 1.82) is 5.26 Å². The molecule has 9 heteroatoms. The van der Waals surface area contributed by atoms with Gasteiger partial charge in [0, 0.05) is 30.5 Å². The number of nitrogens with zero attached hydrogens (tertiary/aromatic N) is 2. The Morgan fingerprint density at radius 2 is 1.81 bits per heavy atom. The van der Waals surface area contributed by atoms with Crippen LogP contribution in [0.1, 0.15) is 18.4 Å². The number of anilines is 1. The maximum atomic E-state index is 14.2. The molecule has 2 aliphatic rings. The minimum Gasteiger partial charge on any atom is -0.387 e. The van der Waals surface area contributed by atoms with Crippen LogP contribution >= 0.6 is 0 Å². The Balaban J connectivity index is 1.82. The maximum Gasteiger partial charge on any atom is 0.418 e. The van der Waals surface area contributed by atoms with Gasteiger partial charge in [0.15, 0.2) is 5.78 Å². The van der Waals surface area contributed by atoms with Crippen molar-refractivity contribution in [2.24, 2.45) is 0 Å². The smallest absolute Gasteiger partial charge is 0.387 e. The molecule has 162 valence electrons. The van der Waals surface area contributed by atoms with Gasteiger partial charge in [-0.15, -0.1) is 0 Å². The summed E-state index contributed by atoms with van der Waals surface area (Å²) in [6.07, 6.45) is -9.00. The van der Waals surface area contributed by atoms with E-state index in [1.54, 1.807) is 29.2 Å². The van der Waals surface area contributed by atoms with Crippen LogP contribution in [0.3, 0.4) is 0 Å². The third-order valence-electron chi connectivity index (χ3n) is 5.82. The first kappa shape index (κ1) is 21.3. The average molecular weight is 432 g/mol. The number of aliphatic hydroxyl groups is 3. The predicted molar refractivity (Wildman–Crippen MR) is 106 cm³/mol. The number of hydrogen-bond donors (Lipinski definition) is 3. The molecular formula is C22H19F3N2O4. The minimum atomic E-state index is -4.98. The van der Waals surface area contributed by atoms with Crippen molar-refractivity contribution in [2.45, 2.75) is 36.8 Å². The van der Waals surface area contributed by atoms with E-state index in [1.807, 2.05) is 0 Å². The summed E-state index contributed by atoms with van der Waals surface area (Å²) in [6.45, 7) is 1.12. The molecular weight excluding hydrogens is 413 g/mol. The Morgan fingerprint density at radius 1 is 1.16 bits per heavy atom. The van der Waals surface area contributed by atoms with E-state index in [9.17, 15) is 38.5 Å². The molecule has 31 heavy (non-hydrogen) atoms. The lowest BCUT2D eigenvalue weighted by molar-refractivity contribution is -0.116. The molecule has 0 radical (unpaired) electrons. The third kappa shape index (κ3) is 3.67. The quantitative estimate of drug-likeness (QED) is 0.368. The summed E-state index contributed by atoms with van der Waals surface area (Å²) in [4.78, 5) is 14.4. The molecule has 2 unspecified atom stereocenters. The van der Waals surface area contributed by atoms with Gasteiger partial charge < -0.3 is 20.2 Å². The van der Waals surface area contributed by atoms with Crippen LogP contribution in [0.25, 0.3) is 16.3 Å². The van der Waals surface area contributed by atoms with Crippen molar-refractivity contribution in [3.05, 3.63) is 47.5 Å². The molecule has 1 saturated carbocycles. The minimum absolute atomic E-state index is 0.251. The van der Waals surface area contributed by atoms with Gasteiger partial charge in [0.05, 0.1) is 11.3 Å². The summed E-state index contributed by atoms with van der Waals surface area (Å²) < 4.78 is 42.5. The Labute approximate surface area is 175 Å². The van der Waals surface area contributed by atoms with Crippen LogP contribution in [0.2, 0.25) is 0 Å². The summed E-state index contributed by atoms with van der Waals surface area (Å²) in [5.41, 5.74) is -4.25. The summed E-state index contributed by atoms with van der Waals surface area (Å²) in [7, 11) is 0. The number of nitriles is 1. The van der Waals surface area contributed by atoms with Crippen LogP contribution in [0, 0.1) is 11.3 Å². The maximum absolute atomic E-state index is 14.2. The zero-order valence-electron chi connectivity index (χ0n) is 16.2. The third-order valence-corrected chi connectivity index (χ3v) is 5.82. The number of ketones is 1. The van der Waals surface area contributed by atoms with Crippen LogP contribution in [0.5, 0.6) is 0 Å².